The van der Waals surface area contributed by atoms with E-state index in [0.717, 1.165) is 12.8 Å². The first-order chi connectivity index (χ1) is 7.44. The molecule has 0 unspecified atom stereocenters. The maximum atomic E-state index is 11.5. The summed E-state index contributed by atoms with van der Waals surface area (Å²) in [6.07, 6.45) is 4.21. The lowest BCUT2D eigenvalue weighted by atomic mass is 9.67. The molecule has 2 nitrogen and oxygen atoms in total. The van der Waals surface area contributed by atoms with E-state index >= 15 is 0 Å². The summed E-state index contributed by atoms with van der Waals surface area (Å²) in [5.74, 6) is 1.67. The lowest BCUT2D eigenvalue weighted by Gasteiger charge is -2.42. The Morgan fingerprint density at radius 2 is 2.12 bits per heavy atom. The molecule has 1 aliphatic heterocycles. The van der Waals surface area contributed by atoms with Crippen molar-refractivity contribution in [2.45, 2.75) is 52.1 Å². The minimum absolute atomic E-state index is 0.170. The second-order valence-electron chi connectivity index (χ2n) is 5.92. The summed E-state index contributed by atoms with van der Waals surface area (Å²) in [6.45, 7) is 10.6. The smallest absolute Gasteiger partial charge is 0.334 e. The molecule has 90 valence electrons. The Morgan fingerprint density at radius 1 is 1.44 bits per heavy atom. The van der Waals surface area contributed by atoms with Crippen LogP contribution in [0.1, 0.15) is 46.5 Å². The van der Waals surface area contributed by atoms with Gasteiger partial charge in [0, 0.05) is 12.0 Å². The Balaban J connectivity index is 2.18. The first-order valence-corrected chi connectivity index (χ1v) is 6.36. The molecule has 3 atom stereocenters. The predicted molar refractivity (Wildman–Crippen MR) is 63.9 cm³/mol. The van der Waals surface area contributed by atoms with Crippen LogP contribution in [0, 0.1) is 17.8 Å². The van der Waals surface area contributed by atoms with Crippen molar-refractivity contribution in [1.29, 1.82) is 0 Å². The molecule has 0 amide bonds. The van der Waals surface area contributed by atoms with Gasteiger partial charge in [-0.1, -0.05) is 27.4 Å². The number of carbonyl (C=O) groups is 1. The molecule has 0 aromatic carbocycles. The zero-order valence-corrected chi connectivity index (χ0v) is 10.6. The number of rotatable bonds is 1. The molecule has 1 heterocycles. The lowest BCUT2D eigenvalue weighted by molar-refractivity contribution is -0.156. The molecule has 1 spiro atoms. The van der Waals surface area contributed by atoms with Crippen molar-refractivity contribution >= 4 is 5.97 Å². The second-order valence-corrected chi connectivity index (χ2v) is 5.92. The van der Waals surface area contributed by atoms with E-state index in [9.17, 15) is 4.79 Å². The van der Waals surface area contributed by atoms with Crippen molar-refractivity contribution in [3.05, 3.63) is 12.2 Å². The molecule has 2 aliphatic rings. The molecule has 0 radical (unpaired) electrons. The average molecular weight is 222 g/mol. The summed E-state index contributed by atoms with van der Waals surface area (Å²) < 4.78 is 5.66. The Morgan fingerprint density at radius 3 is 2.62 bits per heavy atom. The molecular formula is C14H22O2. The zero-order chi connectivity index (χ0) is 11.9. The van der Waals surface area contributed by atoms with Crippen LogP contribution in [0.25, 0.3) is 0 Å². The SMILES string of the molecule is C=C1C[C@@]2(C[C@@H](C(C)C)CC[C@@H]2C)OC1=O. The van der Waals surface area contributed by atoms with Crippen LogP contribution < -0.4 is 0 Å². The highest BCUT2D eigenvalue weighted by molar-refractivity contribution is 5.90. The van der Waals surface area contributed by atoms with Gasteiger partial charge in [0.1, 0.15) is 5.60 Å². The molecule has 2 heteroatoms. The molecule has 0 bridgehead atoms. The van der Waals surface area contributed by atoms with Gasteiger partial charge in [0.15, 0.2) is 0 Å². The van der Waals surface area contributed by atoms with E-state index in [4.69, 9.17) is 4.74 Å². The molecule has 1 saturated carbocycles. The Kier molecular flexibility index (Phi) is 2.85. The van der Waals surface area contributed by atoms with Crippen LogP contribution in [0.3, 0.4) is 0 Å². The van der Waals surface area contributed by atoms with Crippen LogP contribution in [0.5, 0.6) is 0 Å². The van der Waals surface area contributed by atoms with Crippen LogP contribution in [-0.4, -0.2) is 11.6 Å². The summed E-state index contributed by atoms with van der Waals surface area (Å²) in [5.41, 5.74) is 0.442. The monoisotopic (exact) mass is 222 g/mol. The van der Waals surface area contributed by atoms with E-state index in [0.29, 0.717) is 23.3 Å². The maximum absolute atomic E-state index is 11.5. The van der Waals surface area contributed by atoms with Crippen LogP contribution in [0.2, 0.25) is 0 Å². The molecule has 2 rings (SSSR count). The summed E-state index contributed by atoms with van der Waals surface area (Å²) in [7, 11) is 0. The van der Waals surface area contributed by atoms with E-state index in [1.54, 1.807) is 0 Å². The third kappa shape index (κ3) is 1.79. The molecular weight excluding hydrogens is 200 g/mol. The molecule has 0 aromatic heterocycles. The Bertz CT molecular complexity index is 301. The van der Waals surface area contributed by atoms with Crippen molar-refractivity contribution in [1.82, 2.24) is 0 Å². The number of carbonyl (C=O) groups excluding carboxylic acids is 1. The number of hydrogen-bond acceptors (Lipinski definition) is 2. The number of ether oxygens (including phenoxy) is 1. The first-order valence-electron chi connectivity index (χ1n) is 6.36. The molecule has 2 fully saturated rings. The fourth-order valence-electron chi connectivity index (χ4n) is 3.16. The van der Waals surface area contributed by atoms with E-state index in [-0.39, 0.29) is 11.6 Å². The van der Waals surface area contributed by atoms with Gasteiger partial charge in [-0.05, 0) is 37.0 Å². The van der Waals surface area contributed by atoms with Crippen molar-refractivity contribution in [2.75, 3.05) is 0 Å². The number of hydrogen-bond donors (Lipinski definition) is 0. The fraction of sp³-hybridized carbons (Fsp3) is 0.786. The van der Waals surface area contributed by atoms with Crippen LogP contribution in [-0.2, 0) is 9.53 Å². The minimum atomic E-state index is -0.221. The van der Waals surface area contributed by atoms with Crippen LogP contribution in [0.4, 0.5) is 0 Å². The Hall–Kier alpha value is -0.790. The quantitative estimate of drug-likeness (QED) is 0.502. The normalized spacial score (nSPS) is 39.5. The van der Waals surface area contributed by atoms with Crippen LogP contribution >= 0.6 is 0 Å². The van der Waals surface area contributed by atoms with Crippen LogP contribution in [0.15, 0.2) is 12.2 Å². The largest absolute Gasteiger partial charge is 0.455 e. The summed E-state index contributed by atoms with van der Waals surface area (Å²) >= 11 is 0. The van der Waals surface area contributed by atoms with Gasteiger partial charge in [-0.15, -0.1) is 0 Å². The van der Waals surface area contributed by atoms with E-state index < -0.39 is 0 Å². The van der Waals surface area contributed by atoms with Crippen molar-refractivity contribution in [3.8, 4) is 0 Å². The van der Waals surface area contributed by atoms with Gasteiger partial charge in [-0.2, -0.15) is 0 Å². The molecule has 1 aliphatic carbocycles. The van der Waals surface area contributed by atoms with Gasteiger partial charge in [-0.3, -0.25) is 0 Å². The maximum Gasteiger partial charge on any atom is 0.334 e. The predicted octanol–water partition coefficient (Wildman–Crippen LogP) is 3.32. The van der Waals surface area contributed by atoms with Gasteiger partial charge in [0.05, 0.1) is 0 Å². The molecule has 0 N–H and O–H groups in total. The van der Waals surface area contributed by atoms with Crippen molar-refractivity contribution in [2.24, 2.45) is 17.8 Å². The van der Waals surface area contributed by atoms with Gasteiger partial charge in [-0.25, -0.2) is 4.79 Å². The van der Waals surface area contributed by atoms with Crippen molar-refractivity contribution in [3.63, 3.8) is 0 Å². The third-order valence-electron chi connectivity index (χ3n) is 4.52. The van der Waals surface area contributed by atoms with Crippen molar-refractivity contribution < 1.29 is 9.53 Å². The first kappa shape index (κ1) is 11.7. The summed E-state index contributed by atoms with van der Waals surface area (Å²) in [6, 6.07) is 0. The van der Waals surface area contributed by atoms with E-state index in [1.165, 1.54) is 12.8 Å². The molecule has 0 aromatic rings. The van der Waals surface area contributed by atoms with Gasteiger partial charge in [0.2, 0.25) is 0 Å². The fourth-order valence-corrected chi connectivity index (χ4v) is 3.16. The highest BCUT2D eigenvalue weighted by Gasteiger charge is 2.50. The standard InChI is InChI=1S/C14H22O2/c1-9(2)12-6-5-11(4)14(8-12)7-10(3)13(15)16-14/h9,11-12H,3,5-8H2,1-2,4H3/t11-,12-,14-/m0/s1. The number of esters is 1. The molecule has 16 heavy (non-hydrogen) atoms. The highest BCUT2D eigenvalue weighted by Crippen LogP contribution is 2.48. The lowest BCUT2D eigenvalue weighted by Crippen LogP contribution is -2.43. The van der Waals surface area contributed by atoms with Gasteiger partial charge < -0.3 is 4.74 Å². The second kappa shape index (κ2) is 3.90. The average Bonchev–Trinajstić information content (AvgIpc) is 2.48. The van der Waals surface area contributed by atoms with E-state index in [2.05, 4.69) is 27.4 Å². The Labute approximate surface area is 98.1 Å². The topological polar surface area (TPSA) is 26.3 Å². The third-order valence-corrected chi connectivity index (χ3v) is 4.52. The summed E-state index contributed by atoms with van der Waals surface area (Å²) in [5, 5.41) is 0. The summed E-state index contributed by atoms with van der Waals surface area (Å²) in [4.78, 5) is 11.5. The van der Waals surface area contributed by atoms with Gasteiger partial charge in [0.25, 0.3) is 0 Å². The minimum Gasteiger partial charge on any atom is -0.455 e. The zero-order valence-electron chi connectivity index (χ0n) is 10.6. The molecule has 1 saturated heterocycles. The highest BCUT2D eigenvalue weighted by atomic mass is 16.6. The van der Waals surface area contributed by atoms with Gasteiger partial charge >= 0.3 is 5.97 Å². The van der Waals surface area contributed by atoms with E-state index in [1.807, 2.05) is 0 Å².